The molecule has 0 atom stereocenters. The van der Waals surface area contributed by atoms with Crippen LogP contribution < -0.4 is 4.74 Å². The Hall–Kier alpha value is -3.39. The number of methoxy groups -OCH3 is 1. The summed E-state index contributed by atoms with van der Waals surface area (Å²) in [6.45, 7) is 0. The van der Waals surface area contributed by atoms with E-state index < -0.39 is 0 Å². The van der Waals surface area contributed by atoms with Crippen molar-refractivity contribution in [1.29, 1.82) is 0 Å². The summed E-state index contributed by atoms with van der Waals surface area (Å²) in [5.74, 6) is 0.864. The second-order valence-electron chi connectivity index (χ2n) is 6.09. The molecular formula is C24H19NO. The largest absolute Gasteiger partial charge is 0.497 e. The number of hydrogen-bond donors (Lipinski definition) is 0. The molecule has 0 aliphatic carbocycles. The predicted molar refractivity (Wildman–Crippen MR) is 109 cm³/mol. The Bertz CT molecular complexity index is 1010. The summed E-state index contributed by atoms with van der Waals surface area (Å²) in [7, 11) is 1.69. The standard InChI is InChI=1S/C24H19NO/c1-26-23-15-13-20-16-22(14-12-21(20)17-23)25-24(18-8-4-2-5-9-18)19-10-6-3-7-11-19/h2-17H,1H3. The quantitative estimate of drug-likeness (QED) is 0.417. The smallest absolute Gasteiger partial charge is 0.119 e. The van der Waals surface area contributed by atoms with Crippen LogP contribution in [-0.4, -0.2) is 12.8 Å². The van der Waals surface area contributed by atoms with Crippen molar-refractivity contribution in [2.24, 2.45) is 4.99 Å². The fraction of sp³-hybridized carbons (Fsp3) is 0.0417. The van der Waals surface area contributed by atoms with Gasteiger partial charge in [0.15, 0.2) is 0 Å². The summed E-state index contributed by atoms with van der Waals surface area (Å²) < 4.78 is 5.31. The molecule has 0 saturated carbocycles. The molecule has 0 unspecified atom stereocenters. The second-order valence-corrected chi connectivity index (χ2v) is 6.09. The summed E-state index contributed by atoms with van der Waals surface area (Å²) in [6.07, 6.45) is 0. The number of benzene rings is 4. The Kier molecular flexibility index (Phi) is 4.48. The zero-order valence-corrected chi connectivity index (χ0v) is 14.6. The molecular weight excluding hydrogens is 318 g/mol. The van der Waals surface area contributed by atoms with E-state index in [1.807, 2.05) is 54.6 Å². The van der Waals surface area contributed by atoms with Gasteiger partial charge in [-0.05, 0) is 35.0 Å². The number of ether oxygens (including phenoxy) is 1. The first kappa shape index (κ1) is 16.1. The highest BCUT2D eigenvalue weighted by Crippen LogP contribution is 2.26. The number of nitrogens with zero attached hydrogens (tertiary/aromatic N) is 1. The molecule has 126 valence electrons. The lowest BCUT2D eigenvalue weighted by Gasteiger charge is -2.08. The number of aliphatic imine (C=N–C) groups is 1. The molecule has 4 aromatic carbocycles. The molecule has 4 rings (SSSR count). The summed E-state index contributed by atoms with van der Waals surface area (Å²) in [5.41, 5.74) is 4.12. The minimum atomic E-state index is 0.864. The summed E-state index contributed by atoms with van der Waals surface area (Å²) >= 11 is 0. The average Bonchev–Trinajstić information content (AvgIpc) is 2.73. The second kappa shape index (κ2) is 7.24. The van der Waals surface area contributed by atoms with E-state index in [2.05, 4.69) is 42.5 Å². The Balaban J connectivity index is 1.83. The van der Waals surface area contributed by atoms with Crippen LogP contribution in [0.2, 0.25) is 0 Å². The van der Waals surface area contributed by atoms with Crippen LogP contribution in [0.25, 0.3) is 10.8 Å². The summed E-state index contributed by atoms with van der Waals surface area (Å²) in [6, 6.07) is 32.9. The Morgan fingerprint density at radius 1 is 0.654 bits per heavy atom. The van der Waals surface area contributed by atoms with Crippen molar-refractivity contribution in [3.8, 4) is 5.75 Å². The molecule has 0 saturated heterocycles. The third kappa shape index (κ3) is 3.35. The van der Waals surface area contributed by atoms with E-state index >= 15 is 0 Å². The normalized spacial score (nSPS) is 10.5. The number of rotatable bonds is 4. The van der Waals surface area contributed by atoms with E-state index in [0.29, 0.717) is 0 Å². The first-order valence-corrected chi connectivity index (χ1v) is 8.61. The molecule has 0 spiro atoms. The maximum atomic E-state index is 5.31. The van der Waals surface area contributed by atoms with Crippen molar-refractivity contribution in [3.63, 3.8) is 0 Å². The molecule has 0 aromatic heterocycles. The third-order valence-electron chi connectivity index (χ3n) is 4.37. The van der Waals surface area contributed by atoms with Gasteiger partial charge < -0.3 is 4.74 Å². The van der Waals surface area contributed by atoms with Gasteiger partial charge in [-0.2, -0.15) is 0 Å². The topological polar surface area (TPSA) is 21.6 Å². The number of hydrogen-bond acceptors (Lipinski definition) is 2. The molecule has 0 N–H and O–H groups in total. The zero-order chi connectivity index (χ0) is 17.8. The first-order valence-electron chi connectivity index (χ1n) is 8.61. The van der Waals surface area contributed by atoms with Gasteiger partial charge >= 0.3 is 0 Å². The van der Waals surface area contributed by atoms with Gasteiger partial charge in [0.05, 0.1) is 18.5 Å². The van der Waals surface area contributed by atoms with Gasteiger partial charge in [-0.25, -0.2) is 4.99 Å². The third-order valence-corrected chi connectivity index (χ3v) is 4.37. The Labute approximate surface area is 153 Å². The molecule has 0 aliphatic heterocycles. The van der Waals surface area contributed by atoms with Crippen molar-refractivity contribution >= 4 is 22.2 Å². The van der Waals surface area contributed by atoms with Gasteiger partial charge in [-0.15, -0.1) is 0 Å². The van der Waals surface area contributed by atoms with Crippen molar-refractivity contribution < 1.29 is 4.74 Å². The lowest BCUT2D eigenvalue weighted by atomic mass is 10.0. The van der Waals surface area contributed by atoms with E-state index in [-0.39, 0.29) is 0 Å². The summed E-state index contributed by atoms with van der Waals surface area (Å²) in [4.78, 5) is 4.98. The van der Waals surface area contributed by atoms with Crippen LogP contribution in [0.4, 0.5) is 5.69 Å². The Morgan fingerprint density at radius 3 is 1.85 bits per heavy atom. The van der Waals surface area contributed by atoms with Crippen LogP contribution in [0.3, 0.4) is 0 Å². The van der Waals surface area contributed by atoms with E-state index in [9.17, 15) is 0 Å². The lowest BCUT2D eigenvalue weighted by molar-refractivity contribution is 0.415. The zero-order valence-electron chi connectivity index (χ0n) is 14.6. The van der Waals surface area contributed by atoms with Crippen molar-refractivity contribution in [2.45, 2.75) is 0 Å². The number of fused-ring (bicyclic) bond motifs is 1. The SMILES string of the molecule is COc1ccc2cc(N=C(c3ccccc3)c3ccccc3)ccc2c1. The van der Waals surface area contributed by atoms with E-state index in [0.717, 1.165) is 39.0 Å². The molecule has 0 bridgehead atoms. The molecule has 0 aliphatic rings. The van der Waals surface area contributed by atoms with Crippen molar-refractivity contribution in [3.05, 3.63) is 108 Å². The molecule has 26 heavy (non-hydrogen) atoms. The molecule has 2 heteroatoms. The highest BCUT2D eigenvalue weighted by atomic mass is 16.5. The van der Waals surface area contributed by atoms with Gasteiger partial charge in [0.2, 0.25) is 0 Å². The van der Waals surface area contributed by atoms with Crippen LogP contribution in [-0.2, 0) is 0 Å². The average molecular weight is 337 g/mol. The van der Waals surface area contributed by atoms with E-state index in [1.165, 1.54) is 0 Å². The van der Waals surface area contributed by atoms with Crippen LogP contribution >= 0.6 is 0 Å². The maximum absolute atomic E-state index is 5.31. The Morgan fingerprint density at radius 2 is 1.23 bits per heavy atom. The van der Waals surface area contributed by atoms with Gasteiger partial charge in [-0.1, -0.05) is 72.8 Å². The first-order chi connectivity index (χ1) is 12.8. The molecule has 4 aromatic rings. The predicted octanol–water partition coefficient (Wildman–Crippen LogP) is 6.02. The van der Waals surface area contributed by atoms with Gasteiger partial charge in [0.1, 0.15) is 5.75 Å². The molecule has 0 heterocycles. The fourth-order valence-electron chi connectivity index (χ4n) is 3.02. The van der Waals surface area contributed by atoms with Gasteiger partial charge in [0, 0.05) is 11.1 Å². The molecule has 2 nitrogen and oxygen atoms in total. The van der Waals surface area contributed by atoms with Crippen LogP contribution in [0.5, 0.6) is 5.75 Å². The van der Waals surface area contributed by atoms with Gasteiger partial charge in [-0.3, -0.25) is 0 Å². The van der Waals surface area contributed by atoms with E-state index in [1.54, 1.807) is 7.11 Å². The molecule has 0 radical (unpaired) electrons. The van der Waals surface area contributed by atoms with Crippen molar-refractivity contribution in [1.82, 2.24) is 0 Å². The maximum Gasteiger partial charge on any atom is 0.119 e. The molecule has 0 fully saturated rings. The summed E-state index contributed by atoms with van der Waals surface area (Å²) in [5, 5.41) is 2.29. The highest BCUT2D eigenvalue weighted by molar-refractivity contribution is 6.14. The van der Waals surface area contributed by atoms with Crippen LogP contribution in [0, 0.1) is 0 Å². The van der Waals surface area contributed by atoms with Crippen molar-refractivity contribution in [2.75, 3.05) is 7.11 Å². The van der Waals surface area contributed by atoms with E-state index in [4.69, 9.17) is 9.73 Å². The lowest BCUT2D eigenvalue weighted by Crippen LogP contribution is -2.02. The van der Waals surface area contributed by atoms with Crippen LogP contribution in [0.15, 0.2) is 102 Å². The fourth-order valence-corrected chi connectivity index (χ4v) is 3.02. The highest BCUT2D eigenvalue weighted by Gasteiger charge is 2.07. The monoisotopic (exact) mass is 337 g/mol. The minimum Gasteiger partial charge on any atom is -0.497 e. The van der Waals surface area contributed by atoms with Crippen LogP contribution in [0.1, 0.15) is 11.1 Å². The molecule has 0 amide bonds. The minimum absolute atomic E-state index is 0.864. The van der Waals surface area contributed by atoms with Gasteiger partial charge in [0.25, 0.3) is 0 Å².